The van der Waals surface area contributed by atoms with Crippen LogP contribution in [0.3, 0.4) is 0 Å². The summed E-state index contributed by atoms with van der Waals surface area (Å²) in [5, 5.41) is 9.00. The van der Waals surface area contributed by atoms with Crippen molar-refractivity contribution < 1.29 is 9.90 Å². The summed E-state index contributed by atoms with van der Waals surface area (Å²) in [6.07, 6.45) is 5.45. The van der Waals surface area contributed by atoms with Gasteiger partial charge in [-0.1, -0.05) is 32.6 Å². The zero-order chi connectivity index (χ0) is 16.0. The average Bonchev–Trinajstić information content (AvgIpc) is 2.39. The molecule has 1 N–H and O–H groups in total. The van der Waals surface area contributed by atoms with Gasteiger partial charge in [0.15, 0.2) is 0 Å². The molecule has 1 rings (SSSR count). The lowest BCUT2D eigenvalue weighted by Crippen LogP contribution is -2.30. The number of hydrogen-bond donors (Lipinski definition) is 1. The van der Waals surface area contributed by atoms with Crippen LogP contribution in [0.2, 0.25) is 0 Å². The lowest BCUT2D eigenvalue weighted by Gasteiger charge is -2.20. The lowest BCUT2D eigenvalue weighted by atomic mass is 10.1. The summed E-state index contributed by atoms with van der Waals surface area (Å²) in [5.41, 5.74) is 1.64. The Morgan fingerprint density at radius 1 is 1.29 bits per heavy atom. The van der Waals surface area contributed by atoms with Gasteiger partial charge < -0.3 is 5.11 Å². The summed E-state index contributed by atoms with van der Waals surface area (Å²) in [6, 6.07) is 0.0509. The Hall–Kier alpha value is -1.65. The van der Waals surface area contributed by atoms with E-state index in [0.29, 0.717) is 11.3 Å². The monoisotopic (exact) mass is 294 g/mol. The third-order valence-corrected chi connectivity index (χ3v) is 3.95. The molecule has 0 saturated heterocycles. The Morgan fingerprint density at radius 2 is 1.95 bits per heavy atom. The maximum absolute atomic E-state index is 12.1. The minimum absolute atomic E-state index is 0.0509. The van der Waals surface area contributed by atoms with Crippen molar-refractivity contribution >= 4 is 5.97 Å². The fourth-order valence-corrected chi connectivity index (χ4v) is 2.74. The van der Waals surface area contributed by atoms with E-state index in [9.17, 15) is 9.59 Å². The van der Waals surface area contributed by atoms with Gasteiger partial charge in [-0.15, -0.1) is 0 Å². The molecule has 0 bridgehead atoms. The zero-order valence-corrected chi connectivity index (χ0v) is 13.5. The van der Waals surface area contributed by atoms with E-state index < -0.39 is 5.97 Å². The van der Waals surface area contributed by atoms with Gasteiger partial charge in [0.1, 0.15) is 0 Å². The molecule has 21 heavy (non-hydrogen) atoms. The third-order valence-electron chi connectivity index (χ3n) is 3.95. The topological polar surface area (TPSA) is 72.2 Å². The molecule has 1 aromatic heterocycles. The summed E-state index contributed by atoms with van der Waals surface area (Å²) >= 11 is 0. The first-order chi connectivity index (χ1) is 9.88. The molecular weight excluding hydrogens is 268 g/mol. The number of unbranched alkanes of at least 4 members (excludes halogenated alkanes) is 3. The Balaban J connectivity index is 3.00. The van der Waals surface area contributed by atoms with Crippen molar-refractivity contribution in [1.29, 1.82) is 0 Å². The van der Waals surface area contributed by atoms with Crippen LogP contribution in [0.4, 0.5) is 0 Å². The van der Waals surface area contributed by atoms with Crippen LogP contribution in [0.1, 0.15) is 68.9 Å². The molecule has 0 fully saturated rings. The Labute approximate surface area is 126 Å². The van der Waals surface area contributed by atoms with Gasteiger partial charge in [-0.05, 0) is 27.2 Å². The number of nitrogens with zero attached hydrogens (tertiary/aromatic N) is 2. The van der Waals surface area contributed by atoms with Gasteiger partial charge in [0.2, 0.25) is 0 Å². The standard InChI is InChI=1S/C16H26N2O3/c1-5-6-7-8-9-11(2)18-13(4)14(10-15(19)20)12(3)17-16(18)21/h11H,5-10H2,1-4H3,(H,19,20). The van der Waals surface area contributed by atoms with Crippen molar-refractivity contribution in [2.45, 2.75) is 72.3 Å². The van der Waals surface area contributed by atoms with E-state index in [0.717, 1.165) is 25.0 Å². The smallest absolute Gasteiger partial charge is 0.348 e. The van der Waals surface area contributed by atoms with Gasteiger partial charge in [0.25, 0.3) is 0 Å². The third kappa shape index (κ3) is 4.69. The molecule has 0 aliphatic carbocycles. The first-order valence-corrected chi connectivity index (χ1v) is 7.68. The number of carboxylic acids is 1. The minimum atomic E-state index is -0.899. The van der Waals surface area contributed by atoms with Gasteiger partial charge in [0.05, 0.1) is 6.42 Å². The van der Waals surface area contributed by atoms with Crippen LogP contribution >= 0.6 is 0 Å². The average molecular weight is 294 g/mol. The molecule has 0 aromatic carbocycles. The second-order valence-corrected chi connectivity index (χ2v) is 5.68. The van der Waals surface area contributed by atoms with Gasteiger partial charge in [-0.25, -0.2) is 4.79 Å². The summed E-state index contributed by atoms with van der Waals surface area (Å²) in [6.45, 7) is 7.68. The molecule has 5 heteroatoms. The number of hydrogen-bond acceptors (Lipinski definition) is 3. The Morgan fingerprint density at radius 3 is 2.52 bits per heavy atom. The summed E-state index contributed by atoms with van der Waals surface area (Å²) in [5.74, 6) is -0.899. The highest BCUT2D eigenvalue weighted by Crippen LogP contribution is 2.19. The normalized spacial score (nSPS) is 12.4. The van der Waals surface area contributed by atoms with Crippen LogP contribution in [-0.2, 0) is 11.2 Å². The lowest BCUT2D eigenvalue weighted by molar-refractivity contribution is -0.136. The van der Waals surface area contributed by atoms with Gasteiger partial charge >= 0.3 is 11.7 Å². The molecule has 0 saturated carbocycles. The van der Waals surface area contributed by atoms with E-state index in [4.69, 9.17) is 5.11 Å². The largest absolute Gasteiger partial charge is 0.481 e. The molecule has 0 spiro atoms. The number of aliphatic carboxylic acids is 1. The highest BCUT2D eigenvalue weighted by molar-refractivity contribution is 5.70. The van der Waals surface area contributed by atoms with Crippen LogP contribution in [0.25, 0.3) is 0 Å². The van der Waals surface area contributed by atoms with Crippen molar-refractivity contribution in [3.63, 3.8) is 0 Å². The van der Waals surface area contributed by atoms with Crippen LogP contribution in [0.5, 0.6) is 0 Å². The van der Waals surface area contributed by atoms with Crippen molar-refractivity contribution in [3.05, 3.63) is 27.4 Å². The molecule has 1 aromatic rings. The predicted octanol–water partition coefficient (Wildman–Crippen LogP) is 3.02. The van der Waals surface area contributed by atoms with Crippen molar-refractivity contribution in [1.82, 2.24) is 9.55 Å². The summed E-state index contributed by atoms with van der Waals surface area (Å²) in [7, 11) is 0. The molecule has 118 valence electrons. The number of carbonyl (C=O) groups is 1. The molecule has 1 heterocycles. The van der Waals surface area contributed by atoms with E-state index in [-0.39, 0.29) is 18.2 Å². The van der Waals surface area contributed by atoms with Crippen LogP contribution < -0.4 is 5.69 Å². The van der Waals surface area contributed by atoms with Crippen molar-refractivity contribution in [3.8, 4) is 0 Å². The van der Waals surface area contributed by atoms with Gasteiger partial charge in [-0.3, -0.25) is 9.36 Å². The van der Waals surface area contributed by atoms with E-state index >= 15 is 0 Å². The maximum atomic E-state index is 12.1. The second kappa shape index (κ2) is 7.96. The first-order valence-electron chi connectivity index (χ1n) is 7.68. The second-order valence-electron chi connectivity index (χ2n) is 5.68. The van der Waals surface area contributed by atoms with Crippen LogP contribution in [-0.4, -0.2) is 20.6 Å². The first kappa shape index (κ1) is 17.4. The SMILES string of the molecule is CCCCCCC(C)n1c(C)c(CC(=O)O)c(C)nc1=O. The molecule has 1 unspecified atom stereocenters. The summed E-state index contributed by atoms with van der Waals surface area (Å²) < 4.78 is 1.65. The Kier molecular flexibility index (Phi) is 6.59. The Bertz CT molecular complexity index is 549. The number of carboxylic acid groups (broad SMARTS) is 1. The number of aromatic nitrogens is 2. The van der Waals surface area contributed by atoms with Gasteiger partial charge in [-0.2, -0.15) is 4.98 Å². The van der Waals surface area contributed by atoms with Crippen LogP contribution in [0, 0.1) is 13.8 Å². The van der Waals surface area contributed by atoms with Crippen molar-refractivity contribution in [2.24, 2.45) is 0 Å². The fraction of sp³-hybridized carbons (Fsp3) is 0.688. The highest BCUT2D eigenvalue weighted by atomic mass is 16.4. The maximum Gasteiger partial charge on any atom is 0.348 e. The van der Waals surface area contributed by atoms with E-state index in [2.05, 4.69) is 11.9 Å². The molecule has 0 radical (unpaired) electrons. The summed E-state index contributed by atoms with van der Waals surface area (Å²) in [4.78, 5) is 27.1. The van der Waals surface area contributed by atoms with E-state index in [1.165, 1.54) is 12.8 Å². The van der Waals surface area contributed by atoms with Crippen molar-refractivity contribution in [2.75, 3.05) is 0 Å². The molecular formula is C16H26N2O3. The molecule has 1 atom stereocenters. The number of aryl methyl sites for hydroxylation is 1. The zero-order valence-electron chi connectivity index (χ0n) is 13.5. The quantitative estimate of drug-likeness (QED) is 0.748. The fourth-order valence-electron chi connectivity index (χ4n) is 2.74. The highest BCUT2D eigenvalue weighted by Gasteiger charge is 2.17. The predicted molar refractivity (Wildman–Crippen MR) is 82.8 cm³/mol. The molecule has 0 aliphatic rings. The van der Waals surface area contributed by atoms with Gasteiger partial charge in [0, 0.05) is 23.0 Å². The van der Waals surface area contributed by atoms with E-state index in [1.54, 1.807) is 11.5 Å². The van der Waals surface area contributed by atoms with E-state index in [1.807, 2.05) is 13.8 Å². The molecule has 0 aliphatic heterocycles. The molecule has 5 nitrogen and oxygen atoms in total. The molecule has 0 amide bonds. The number of rotatable bonds is 8. The van der Waals surface area contributed by atoms with Crippen LogP contribution in [0.15, 0.2) is 4.79 Å². The minimum Gasteiger partial charge on any atom is -0.481 e.